The lowest BCUT2D eigenvalue weighted by Crippen LogP contribution is -2.35. The molecule has 3 heteroatoms. The molecule has 0 atom stereocenters. The van der Waals surface area contributed by atoms with Crippen molar-refractivity contribution in [2.24, 2.45) is 5.41 Å². The number of aromatic nitrogens is 1. The molecule has 1 aliphatic rings. The van der Waals surface area contributed by atoms with Gasteiger partial charge >= 0.3 is 0 Å². The van der Waals surface area contributed by atoms with Gasteiger partial charge in [-0.25, -0.2) is 4.98 Å². The summed E-state index contributed by atoms with van der Waals surface area (Å²) in [6.45, 7) is 3.08. The molecule has 0 aliphatic heterocycles. The van der Waals surface area contributed by atoms with Crippen molar-refractivity contribution in [1.29, 1.82) is 0 Å². The van der Waals surface area contributed by atoms with Gasteiger partial charge in [0.1, 0.15) is 0 Å². The van der Waals surface area contributed by atoms with Gasteiger partial charge in [0.05, 0.1) is 6.61 Å². The minimum atomic E-state index is 0.449. The van der Waals surface area contributed by atoms with E-state index < -0.39 is 0 Å². The smallest absolute Gasteiger partial charge is 0.213 e. The first-order valence-electron chi connectivity index (χ1n) is 5.48. The summed E-state index contributed by atoms with van der Waals surface area (Å²) < 4.78 is 6.89. The van der Waals surface area contributed by atoms with E-state index in [9.17, 15) is 0 Å². The van der Waals surface area contributed by atoms with E-state index in [0.29, 0.717) is 5.41 Å². The number of halogens is 1. The molecular weight excluding hydrogens is 301 g/mol. The van der Waals surface area contributed by atoms with E-state index in [0.717, 1.165) is 16.1 Å². The number of rotatable bonds is 4. The van der Waals surface area contributed by atoms with Crippen molar-refractivity contribution in [1.82, 2.24) is 4.98 Å². The highest BCUT2D eigenvalue weighted by Gasteiger charge is 2.35. The van der Waals surface area contributed by atoms with E-state index in [-0.39, 0.29) is 0 Å². The molecule has 1 fully saturated rings. The summed E-state index contributed by atoms with van der Waals surface area (Å²) in [7, 11) is 0. The molecule has 2 nitrogen and oxygen atoms in total. The van der Waals surface area contributed by atoms with E-state index in [4.69, 9.17) is 4.74 Å². The minimum absolute atomic E-state index is 0.449. The predicted molar refractivity (Wildman–Crippen MR) is 69.0 cm³/mol. The Labute approximate surface area is 105 Å². The van der Waals surface area contributed by atoms with Gasteiger partial charge in [0.25, 0.3) is 0 Å². The molecule has 0 N–H and O–H groups in total. The summed E-state index contributed by atoms with van der Waals surface area (Å²) in [6, 6.07) is 3.98. The van der Waals surface area contributed by atoms with Crippen LogP contribution in [0.15, 0.2) is 18.3 Å². The van der Waals surface area contributed by atoms with Crippen LogP contribution in [0, 0.1) is 8.99 Å². The monoisotopic (exact) mass is 317 g/mol. The highest BCUT2D eigenvalue weighted by atomic mass is 127. The third-order valence-electron chi connectivity index (χ3n) is 3.39. The maximum Gasteiger partial charge on any atom is 0.213 e. The molecule has 1 aliphatic carbocycles. The SMILES string of the molecule is CCC1(COc2ccc(I)cn2)CCC1. The van der Waals surface area contributed by atoms with Gasteiger partial charge in [-0.05, 0) is 47.9 Å². The molecule has 82 valence electrons. The van der Waals surface area contributed by atoms with Crippen LogP contribution < -0.4 is 4.74 Å². The lowest BCUT2D eigenvalue weighted by molar-refractivity contribution is 0.0515. The minimum Gasteiger partial charge on any atom is -0.477 e. The number of nitrogens with zero attached hydrogens (tertiary/aromatic N) is 1. The Bertz CT molecular complexity index is 313. The zero-order valence-electron chi connectivity index (χ0n) is 9.00. The maximum absolute atomic E-state index is 5.74. The topological polar surface area (TPSA) is 22.1 Å². The van der Waals surface area contributed by atoms with Crippen LogP contribution in [-0.4, -0.2) is 11.6 Å². The summed E-state index contributed by atoms with van der Waals surface area (Å²) in [6.07, 6.45) is 7.05. The third kappa shape index (κ3) is 2.62. The Balaban J connectivity index is 1.90. The second-order valence-corrected chi connectivity index (χ2v) is 5.56. The predicted octanol–water partition coefficient (Wildman–Crippen LogP) is 3.65. The second kappa shape index (κ2) is 4.68. The molecule has 1 heterocycles. The Morgan fingerprint density at radius 1 is 1.47 bits per heavy atom. The van der Waals surface area contributed by atoms with Crippen LogP contribution in [0.4, 0.5) is 0 Å². The first-order chi connectivity index (χ1) is 7.24. The van der Waals surface area contributed by atoms with Gasteiger partial charge in [-0.1, -0.05) is 13.3 Å². The molecule has 0 amide bonds. The number of ether oxygens (including phenoxy) is 1. The molecule has 15 heavy (non-hydrogen) atoms. The van der Waals surface area contributed by atoms with E-state index in [1.807, 2.05) is 18.3 Å². The number of hydrogen-bond acceptors (Lipinski definition) is 2. The second-order valence-electron chi connectivity index (χ2n) is 4.31. The third-order valence-corrected chi connectivity index (χ3v) is 4.03. The van der Waals surface area contributed by atoms with E-state index in [1.54, 1.807) is 0 Å². The zero-order valence-corrected chi connectivity index (χ0v) is 11.2. The van der Waals surface area contributed by atoms with Crippen LogP contribution in [0.1, 0.15) is 32.6 Å². The van der Waals surface area contributed by atoms with Crippen molar-refractivity contribution >= 4 is 22.6 Å². The summed E-state index contributed by atoms with van der Waals surface area (Å²) >= 11 is 2.25. The van der Waals surface area contributed by atoms with Gasteiger partial charge in [0, 0.05) is 21.2 Å². The molecule has 0 unspecified atom stereocenters. The standard InChI is InChI=1S/C12H16INO/c1-2-12(6-3-7-12)9-15-11-5-4-10(13)8-14-11/h4-5,8H,2-3,6-7,9H2,1H3. The van der Waals surface area contributed by atoms with Gasteiger partial charge in [-0.15, -0.1) is 0 Å². The van der Waals surface area contributed by atoms with Crippen molar-refractivity contribution in [2.75, 3.05) is 6.61 Å². The van der Waals surface area contributed by atoms with E-state index in [2.05, 4.69) is 34.5 Å². The van der Waals surface area contributed by atoms with Crippen molar-refractivity contribution in [3.8, 4) is 5.88 Å². The normalized spacial score (nSPS) is 18.3. The summed E-state index contributed by atoms with van der Waals surface area (Å²) in [4.78, 5) is 4.24. The molecule has 1 aromatic heterocycles. The summed E-state index contributed by atoms with van der Waals surface area (Å²) in [5.41, 5.74) is 0.449. The number of pyridine rings is 1. The number of hydrogen-bond donors (Lipinski definition) is 0. The fourth-order valence-corrected chi connectivity index (χ4v) is 2.27. The first-order valence-corrected chi connectivity index (χ1v) is 6.56. The van der Waals surface area contributed by atoms with Gasteiger partial charge in [-0.2, -0.15) is 0 Å². The Morgan fingerprint density at radius 3 is 2.73 bits per heavy atom. The lowest BCUT2D eigenvalue weighted by Gasteiger charge is -2.40. The molecular formula is C12H16INO. The van der Waals surface area contributed by atoms with Crippen LogP contribution in [0.5, 0.6) is 5.88 Å². The fraction of sp³-hybridized carbons (Fsp3) is 0.583. The van der Waals surface area contributed by atoms with E-state index in [1.165, 1.54) is 25.7 Å². The molecule has 0 spiro atoms. The van der Waals surface area contributed by atoms with Gasteiger partial charge in [0.15, 0.2) is 0 Å². The first kappa shape index (κ1) is 11.2. The van der Waals surface area contributed by atoms with Crippen LogP contribution in [-0.2, 0) is 0 Å². The van der Waals surface area contributed by atoms with Gasteiger partial charge in [0.2, 0.25) is 5.88 Å². The average Bonchev–Trinajstić information content (AvgIpc) is 2.20. The van der Waals surface area contributed by atoms with Gasteiger partial charge in [-0.3, -0.25) is 0 Å². The fourth-order valence-electron chi connectivity index (χ4n) is 1.95. The van der Waals surface area contributed by atoms with Crippen LogP contribution >= 0.6 is 22.6 Å². The van der Waals surface area contributed by atoms with Crippen LogP contribution in [0.3, 0.4) is 0 Å². The summed E-state index contributed by atoms with van der Waals surface area (Å²) in [5.74, 6) is 0.759. The van der Waals surface area contributed by atoms with Crippen LogP contribution in [0.2, 0.25) is 0 Å². The Kier molecular flexibility index (Phi) is 3.49. The highest BCUT2D eigenvalue weighted by Crippen LogP contribution is 2.43. The molecule has 2 rings (SSSR count). The lowest BCUT2D eigenvalue weighted by atomic mass is 9.68. The maximum atomic E-state index is 5.74. The molecule has 1 saturated carbocycles. The highest BCUT2D eigenvalue weighted by molar-refractivity contribution is 14.1. The summed E-state index contributed by atoms with van der Waals surface area (Å²) in [5, 5.41) is 0. The zero-order chi connectivity index (χ0) is 10.7. The molecule has 0 radical (unpaired) electrons. The van der Waals surface area contributed by atoms with E-state index >= 15 is 0 Å². The van der Waals surface area contributed by atoms with Crippen molar-refractivity contribution in [3.05, 3.63) is 21.9 Å². The van der Waals surface area contributed by atoms with Crippen molar-refractivity contribution in [3.63, 3.8) is 0 Å². The Morgan fingerprint density at radius 2 is 2.27 bits per heavy atom. The van der Waals surface area contributed by atoms with Crippen molar-refractivity contribution in [2.45, 2.75) is 32.6 Å². The quantitative estimate of drug-likeness (QED) is 0.791. The molecule has 1 aromatic rings. The Hall–Kier alpha value is -0.320. The van der Waals surface area contributed by atoms with Crippen LogP contribution in [0.25, 0.3) is 0 Å². The van der Waals surface area contributed by atoms with Crippen molar-refractivity contribution < 1.29 is 4.74 Å². The molecule has 0 bridgehead atoms. The molecule has 0 aromatic carbocycles. The average molecular weight is 317 g/mol. The largest absolute Gasteiger partial charge is 0.477 e. The molecule has 0 saturated heterocycles. The van der Waals surface area contributed by atoms with Gasteiger partial charge < -0.3 is 4.74 Å².